The second-order valence-electron chi connectivity index (χ2n) is 4.76. The van der Waals surface area contributed by atoms with Crippen LogP contribution in [0.25, 0.3) is 0 Å². The molecule has 0 radical (unpaired) electrons. The molecule has 1 unspecified atom stereocenters. The topological polar surface area (TPSA) is 101 Å². The van der Waals surface area contributed by atoms with Crippen LogP contribution in [0.4, 0.5) is 11.4 Å². The Bertz CT molecular complexity index is 541. The third kappa shape index (κ3) is 4.99. The van der Waals surface area contributed by atoms with Crippen LogP contribution in [-0.2, 0) is 16.4 Å². The lowest BCUT2D eigenvalue weighted by atomic mass is 10.1. The lowest BCUT2D eigenvalue weighted by Crippen LogP contribution is -2.42. The van der Waals surface area contributed by atoms with Crippen LogP contribution in [0.2, 0.25) is 0 Å². The van der Waals surface area contributed by atoms with Crippen molar-refractivity contribution in [1.29, 1.82) is 0 Å². The van der Waals surface area contributed by atoms with E-state index in [1.54, 1.807) is 0 Å². The van der Waals surface area contributed by atoms with Gasteiger partial charge in [-0.2, -0.15) is 4.72 Å². The zero-order chi connectivity index (χ0) is 15.3. The van der Waals surface area contributed by atoms with Crippen LogP contribution in [0.1, 0.15) is 19.4 Å². The van der Waals surface area contributed by atoms with Gasteiger partial charge in [0.1, 0.15) is 0 Å². The minimum absolute atomic E-state index is 0.355. The van der Waals surface area contributed by atoms with Crippen molar-refractivity contribution in [3.63, 3.8) is 0 Å². The quantitative estimate of drug-likeness (QED) is 0.502. The second-order valence-corrected chi connectivity index (χ2v) is 6.54. The standard InChI is InChI=1S/C13H24N4O2S/c1-4-17(5-2)11-6-7-12(14)10(8-11)9-13(15)16-20(3,18)19/h6-8,13,16H,4-5,9,14-15H2,1-3H3. The van der Waals surface area contributed by atoms with Gasteiger partial charge in [0.05, 0.1) is 12.4 Å². The average molecular weight is 300 g/mol. The first kappa shape index (κ1) is 16.7. The number of nitrogens with two attached hydrogens (primary N) is 2. The Morgan fingerprint density at radius 1 is 1.30 bits per heavy atom. The number of nitrogens with zero attached hydrogens (tertiary/aromatic N) is 1. The van der Waals surface area contributed by atoms with E-state index in [4.69, 9.17) is 11.5 Å². The van der Waals surface area contributed by atoms with E-state index in [9.17, 15) is 8.42 Å². The molecule has 0 aliphatic heterocycles. The van der Waals surface area contributed by atoms with Crippen LogP contribution >= 0.6 is 0 Å². The van der Waals surface area contributed by atoms with Gasteiger partial charge < -0.3 is 16.4 Å². The van der Waals surface area contributed by atoms with Crippen LogP contribution in [0, 0.1) is 0 Å². The molecule has 1 aromatic carbocycles. The Labute approximate surface area is 121 Å². The summed E-state index contributed by atoms with van der Waals surface area (Å²) in [5.41, 5.74) is 14.2. The van der Waals surface area contributed by atoms with Gasteiger partial charge in [0.15, 0.2) is 0 Å². The van der Waals surface area contributed by atoms with Gasteiger partial charge in [0.25, 0.3) is 0 Å². The molecule has 0 saturated carbocycles. The minimum atomic E-state index is -3.32. The molecule has 1 atom stereocenters. The molecular formula is C13H24N4O2S. The summed E-state index contributed by atoms with van der Waals surface area (Å²) in [5.74, 6) is 0. The maximum Gasteiger partial charge on any atom is 0.210 e. The summed E-state index contributed by atoms with van der Waals surface area (Å²) in [4.78, 5) is 2.19. The van der Waals surface area contributed by atoms with Crippen LogP contribution in [0.15, 0.2) is 18.2 Å². The first-order valence-corrected chi connectivity index (χ1v) is 8.52. The monoisotopic (exact) mass is 300 g/mol. The molecule has 6 nitrogen and oxygen atoms in total. The number of nitrogens with one attached hydrogen (secondary N) is 1. The molecule has 0 aliphatic rings. The Kier molecular flexibility index (Phi) is 5.79. The van der Waals surface area contributed by atoms with Crippen molar-refractivity contribution < 1.29 is 8.42 Å². The molecule has 0 spiro atoms. The summed E-state index contributed by atoms with van der Waals surface area (Å²) in [6, 6.07) is 5.75. The zero-order valence-corrected chi connectivity index (χ0v) is 13.1. The summed E-state index contributed by atoms with van der Waals surface area (Å²) in [6.45, 7) is 5.95. The highest BCUT2D eigenvalue weighted by atomic mass is 32.2. The number of benzene rings is 1. The van der Waals surface area contributed by atoms with E-state index in [0.29, 0.717) is 12.1 Å². The van der Waals surface area contributed by atoms with E-state index in [-0.39, 0.29) is 0 Å². The maximum absolute atomic E-state index is 11.2. The smallest absolute Gasteiger partial charge is 0.210 e. The number of nitrogen functional groups attached to an aromatic ring is 1. The summed E-state index contributed by atoms with van der Waals surface area (Å²) in [5, 5.41) is 0. The van der Waals surface area contributed by atoms with Crippen LogP contribution in [0.3, 0.4) is 0 Å². The molecular weight excluding hydrogens is 276 g/mol. The van der Waals surface area contributed by atoms with Gasteiger partial charge in [-0.05, 0) is 37.6 Å². The minimum Gasteiger partial charge on any atom is -0.399 e. The molecule has 114 valence electrons. The number of anilines is 2. The highest BCUT2D eigenvalue weighted by molar-refractivity contribution is 7.88. The Morgan fingerprint density at radius 3 is 2.40 bits per heavy atom. The molecule has 0 bridgehead atoms. The normalized spacial score (nSPS) is 13.2. The Hall–Kier alpha value is -1.31. The molecule has 0 amide bonds. The van der Waals surface area contributed by atoms with E-state index in [1.807, 2.05) is 18.2 Å². The Balaban J connectivity index is 2.91. The van der Waals surface area contributed by atoms with Gasteiger partial charge in [0.2, 0.25) is 10.0 Å². The maximum atomic E-state index is 11.2. The molecule has 1 rings (SSSR count). The van der Waals surface area contributed by atoms with E-state index in [1.165, 1.54) is 0 Å². The van der Waals surface area contributed by atoms with Crippen molar-refractivity contribution in [2.75, 3.05) is 30.0 Å². The van der Waals surface area contributed by atoms with Gasteiger partial charge in [-0.1, -0.05) is 0 Å². The fourth-order valence-electron chi connectivity index (χ4n) is 2.11. The zero-order valence-electron chi connectivity index (χ0n) is 12.3. The number of rotatable bonds is 7. The fraction of sp³-hybridized carbons (Fsp3) is 0.538. The first-order chi connectivity index (χ1) is 9.26. The lowest BCUT2D eigenvalue weighted by Gasteiger charge is -2.23. The van der Waals surface area contributed by atoms with Gasteiger partial charge in [0, 0.05) is 30.9 Å². The number of hydrogen-bond donors (Lipinski definition) is 3. The van der Waals surface area contributed by atoms with Crippen molar-refractivity contribution in [3.8, 4) is 0 Å². The van der Waals surface area contributed by atoms with Crippen molar-refractivity contribution in [2.24, 2.45) is 5.73 Å². The van der Waals surface area contributed by atoms with Crippen LogP contribution in [0.5, 0.6) is 0 Å². The van der Waals surface area contributed by atoms with Crippen molar-refractivity contribution in [2.45, 2.75) is 26.4 Å². The number of sulfonamides is 1. The molecule has 0 heterocycles. The van der Waals surface area contributed by atoms with Gasteiger partial charge in [-0.3, -0.25) is 0 Å². The SMILES string of the molecule is CCN(CC)c1ccc(N)c(CC(N)NS(C)(=O)=O)c1. The summed E-state index contributed by atoms with van der Waals surface area (Å²) < 4.78 is 24.7. The lowest BCUT2D eigenvalue weighted by molar-refractivity contribution is 0.558. The predicted octanol–water partition coefficient (Wildman–Crippen LogP) is 0.492. The molecule has 7 heteroatoms. The van der Waals surface area contributed by atoms with E-state index in [0.717, 1.165) is 30.6 Å². The van der Waals surface area contributed by atoms with Crippen LogP contribution < -0.4 is 21.1 Å². The molecule has 0 aliphatic carbocycles. The first-order valence-electron chi connectivity index (χ1n) is 6.63. The third-order valence-corrected chi connectivity index (χ3v) is 3.79. The molecule has 0 aromatic heterocycles. The average Bonchev–Trinajstić information content (AvgIpc) is 2.32. The highest BCUT2D eigenvalue weighted by Crippen LogP contribution is 2.22. The van der Waals surface area contributed by atoms with Crippen molar-refractivity contribution >= 4 is 21.4 Å². The molecule has 0 saturated heterocycles. The number of hydrogen-bond acceptors (Lipinski definition) is 5. The van der Waals surface area contributed by atoms with E-state index >= 15 is 0 Å². The molecule has 0 fully saturated rings. The van der Waals surface area contributed by atoms with Gasteiger partial charge in [-0.25, -0.2) is 8.42 Å². The summed E-state index contributed by atoms with van der Waals surface area (Å²) in [6.07, 6.45) is 0.760. The predicted molar refractivity (Wildman–Crippen MR) is 84.1 cm³/mol. The summed E-state index contributed by atoms with van der Waals surface area (Å²) in [7, 11) is -3.32. The Morgan fingerprint density at radius 2 is 1.90 bits per heavy atom. The van der Waals surface area contributed by atoms with Gasteiger partial charge >= 0.3 is 0 Å². The third-order valence-electron chi connectivity index (χ3n) is 3.06. The van der Waals surface area contributed by atoms with E-state index < -0.39 is 16.2 Å². The fourth-order valence-corrected chi connectivity index (χ4v) is 2.74. The van der Waals surface area contributed by atoms with Gasteiger partial charge in [-0.15, -0.1) is 0 Å². The van der Waals surface area contributed by atoms with Crippen molar-refractivity contribution in [1.82, 2.24) is 4.72 Å². The molecule has 1 aromatic rings. The molecule has 20 heavy (non-hydrogen) atoms. The van der Waals surface area contributed by atoms with Crippen molar-refractivity contribution in [3.05, 3.63) is 23.8 Å². The second kappa shape index (κ2) is 6.92. The molecule has 5 N–H and O–H groups in total. The largest absolute Gasteiger partial charge is 0.399 e. The van der Waals surface area contributed by atoms with E-state index in [2.05, 4.69) is 23.5 Å². The van der Waals surface area contributed by atoms with Crippen LogP contribution in [-0.4, -0.2) is 33.9 Å². The highest BCUT2D eigenvalue weighted by Gasteiger charge is 2.13. The summed E-state index contributed by atoms with van der Waals surface area (Å²) >= 11 is 0.